The third-order valence-electron chi connectivity index (χ3n) is 2.83. The first-order valence-corrected chi connectivity index (χ1v) is 6.87. The maximum Gasteiger partial charge on any atom is 0.317 e. The van der Waals surface area contributed by atoms with E-state index in [2.05, 4.69) is 5.32 Å². The number of nitrogens with one attached hydrogen (secondary N) is 1. The Bertz CT molecular complexity index is 441. The van der Waals surface area contributed by atoms with Crippen molar-refractivity contribution in [2.45, 2.75) is 19.9 Å². The molecule has 1 unspecified atom stereocenters. The van der Waals surface area contributed by atoms with Gasteiger partial charge in [-0.25, -0.2) is 4.79 Å². The number of urea groups is 1. The van der Waals surface area contributed by atoms with Crippen LogP contribution in [0.25, 0.3) is 0 Å². The molecule has 2 amide bonds. The number of aliphatic hydroxyl groups is 1. The molecule has 0 saturated carbocycles. The quantitative estimate of drug-likeness (QED) is 0.878. The molecule has 1 aromatic carbocycles. The molecule has 6 heteroatoms. The van der Waals surface area contributed by atoms with Crippen molar-refractivity contribution in [1.82, 2.24) is 10.2 Å². The molecule has 0 fully saturated rings. The van der Waals surface area contributed by atoms with Gasteiger partial charge in [0.2, 0.25) is 0 Å². The largest absolute Gasteiger partial charge is 0.395 e. The summed E-state index contributed by atoms with van der Waals surface area (Å²) in [6.07, 6.45) is 0. The summed E-state index contributed by atoms with van der Waals surface area (Å²) >= 11 is 12.1. The number of hydrogen-bond donors (Lipinski definition) is 2. The monoisotopic (exact) mass is 304 g/mol. The molecule has 106 valence electrons. The minimum atomic E-state index is -0.258. The SMILES string of the molecule is CCN(CCO)C(=O)NC(C)c1cccc(Cl)c1Cl. The molecule has 1 atom stereocenters. The number of hydrogen-bond acceptors (Lipinski definition) is 2. The average molecular weight is 305 g/mol. The van der Waals surface area contributed by atoms with Crippen molar-refractivity contribution >= 4 is 29.2 Å². The minimum Gasteiger partial charge on any atom is -0.395 e. The van der Waals surface area contributed by atoms with Crippen LogP contribution in [0.5, 0.6) is 0 Å². The van der Waals surface area contributed by atoms with Crippen molar-refractivity contribution in [3.05, 3.63) is 33.8 Å². The number of likely N-dealkylation sites (N-methyl/N-ethyl adjacent to an activating group) is 1. The second-order valence-electron chi connectivity index (χ2n) is 4.12. The molecule has 0 saturated heterocycles. The summed E-state index contributed by atoms with van der Waals surface area (Å²) in [5.41, 5.74) is 0.766. The topological polar surface area (TPSA) is 52.6 Å². The molecule has 1 rings (SSSR count). The van der Waals surface area contributed by atoms with Gasteiger partial charge in [0.1, 0.15) is 0 Å². The fourth-order valence-corrected chi connectivity index (χ4v) is 2.20. The van der Waals surface area contributed by atoms with Gasteiger partial charge in [-0.3, -0.25) is 0 Å². The molecule has 0 spiro atoms. The number of rotatable bonds is 5. The van der Waals surface area contributed by atoms with Crippen molar-refractivity contribution in [3.63, 3.8) is 0 Å². The first-order chi connectivity index (χ1) is 9.01. The van der Waals surface area contributed by atoms with Gasteiger partial charge >= 0.3 is 6.03 Å². The van der Waals surface area contributed by atoms with Crippen LogP contribution in [0, 0.1) is 0 Å². The van der Waals surface area contributed by atoms with E-state index in [0.29, 0.717) is 23.1 Å². The maximum absolute atomic E-state index is 12.0. The van der Waals surface area contributed by atoms with Crippen molar-refractivity contribution in [2.75, 3.05) is 19.7 Å². The molecule has 0 heterocycles. The smallest absolute Gasteiger partial charge is 0.317 e. The zero-order valence-electron chi connectivity index (χ0n) is 11.0. The van der Waals surface area contributed by atoms with E-state index in [0.717, 1.165) is 5.56 Å². The van der Waals surface area contributed by atoms with Crippen LogP contribution in [-0.2, 0) is 0 Å². The minimum absolute atomic E-state index is 0.0619. The Balaban J connectivity index is 2.76. The number of amides is 2. The predicted octanol–water partition coefficient (Wildman–Crippen LogP) is 3.08. The van der Waals surface area contributed by atoms with E-state index in [-0.39, 0.29) is 18.7 Å². The van der Waals surface area contributed by atoms with E-state index in [1.54, 1.807) is 12.1 Å². The Kier molecular flexibility index (Phi) is 6.42. The maximum atomic E-state index is 12.0. The van der Waals surface area contributed by atoms with Crippen molar-refractivity contribution in [3.8, 4) is 0 Å². The van der Waals surface area contributed by atoms with E-state index in [9.17, 15) is 4.79 Å². The van der Waals surface area contributed by atoms with Gasteiger partial charge in [0.05, 0.1) is 22.7 Å². The first kappa shape index (κ1) is 16.1. The van der Waals surface area contributed by atoms with Gasteiger partial charge in [-0.05, 0) is 25.5 Å². The normalized spacial score (nSPS) is 12.1. The molecular weight excluding hydrogens is 287 g/mol. The van der Waals surface area contributed by atoms with E-state index in [1.807, 2.05) is 19.9 Å². The Labute approximate surface area is 123 Å². The summed E-state index contributed by atoms with van der Waals surface area (Å²) in [4.78, 5) is 13.5. The van der Waals surface area contributed by atoms with Crippen LogP contribution in [-0.4, -0.2) is 35.7 Å². The summed E-state index contributed by atoms with van der Waals surface area (Å²) in [6.45, 7) is 4.46. The molecule has 4 nitrogen and oxygen atoms in total. The zero-order valence-corrected chi connectivity index (χ0v) is 12.5. The van der Waals surface area contributed by atoms with Crippen LogP contribution >= 0.6 is 23.2 Å². The van der Waals surface area contributed by atoms with E-state index < -0.39 is 0 Å². The zero-order chi connectivity index (χ0) is 14.4. The first-order valence-electron chi connectivity index (χ1n) is 6.11. The van der Waals surface area contributed by atoms with Gasteiger partial charge in [0.15, 0.2) is 0 Å². The lowest BCUT2D eigenvalue weighted by Crippen LogP contribution is -2.42. The number of nitrogens with zero attached hydrogens (tertiary/aromatic N) is 1. The van der Waals surface area contributed by atoms with Crippen LogP contribution in [0.3, 0.4) is 0 Å². The summed E-state index contributed by atoms with van der Waals surface area (Å²) in [7, 11) is 0. The van der Waals surface area contributed by atoms with Gasteiger partial charge in [0, 0.05) is 13.1 Å². The lowest BCUT2D eigenvalue weighted by Gasteiger charge is -2.24. The number of carbonyl (C=O) groups excluding carboxylic acids is 1. The van der Waals surface area contributed by atoms with Gasteiger partial charge in [-0.1, -0.05) is 35.3 Å². The Morgan fingerprint density at radius 2 is 2.16 bits per heavy atom. The second kappa shape index (κ2) is 7.58. The highest BCUT2D eigenvalue weighted by Gasteiger charge is 2.17. The number of aliphatic hydroxyl groups excluding tert-OH is 1. The fourth-order valence-electron chi connectivity index (χ4n) is 1.73. The van der Waals surface area contributed by atoms with Gasteiger partial charge < -0.3 is 15.3 Å². The Morgan fingerprint density at radius 3 is 2.74 bits per heavy atom. The van der Waals surface area contributed by atoms with Crippen LogP contribution < -0.4 is 5.32 Å². The van der Waals surface area contributed by atoms with Crippen LogP contribution in [0.15, 0.2) is 18.2 Å². The third-order valence-corrected chi connectivity index (χ3v) is 3.66. The predicted molar refractivity (Wildman–Crippen MR) is 77.7 cm³/mol. The molecular formula is C13H18Cl2N2O2. The summed E-state index contributed by atoms with van der Waals surface area (Å²) in [6, 6.07) is 4.82. The van der Waals surface area contributed by atoms with Crippen molar-refractivity contribution in [2.24, 2.45) is 0 Å². The third kappa shape index (κ3) is 4.27. The molecule has 0 aromatic heterocycles. The molecule has 2 N–H and O–H groups in total. The number of halogens is 2. The summed E-state index contributed by atoms with van der Waals surface area (Å²) in [5.74, 6) is 0. The second-order valence-corrected chi connectivity index (χ2v) is 4.90. The standard InChI is InChI=1S/C13H18Cl2N2O2/c1-3-17(7-8-18)13(19)16-9(2)10-5-4-6-11(14)12(10)15/h4-6,9,18H,3,7-8H2,1-2H3,(H,16,19). The lowest BCUT2D eigenvalue weighted by molar-refractivity contribution is 0.178. The summed E-state index contributed by atoms with van der Waals surface area (Å²) < 4.78 is 0. The Morgan fingerprint density at radius 1 is 1.47 bits per heavy atom. The molecule has 0 bridgehead atoms. The number of carbonyl (C=O) groups is 1. The van der Waals surface area contributed by atoms with Crippen molar-refractivity contribution in [1.29, 1.82) is 0 Å². The molecule has 0 aliphatic heterocycles. The molecule has 1 aromatic rings. The van der Waals surface area contributed by atoms with Gasteiger partial charge in [-0.15, -0.1) is 0 Å². The average Bonchev–Trinajstić information content (AvgIpc) is 2.38. The van der Waals surface area contributed by atoms with Crippen LogP contribution in [0.1, 0.15) is 25.5 Å². The Hall–Kier alpha value is -0.970. The van der Waals surface area contributed by atoms with E-state index in [4.69, 9.17) is 28.3 Å². The van der Waals surface area contributed by atoms with Crippen LogP contribution in [0.2, 0.25) is 10.0 Å². The molecule has 0 aliphatic carbocycles. The van der Waals surface area contributed by atoms with E-state index >= 15 is 0 Å². The number of benzene rings is 1. The van der Waals surface area contributed by atoms with Crippen molar-refractivity contribution < 1.29 is 9.90 Å². The van der Waals surface area contributed by atoms with E-state index in [1.165, 1.54) is 4.90 Å². The summed E-state index contributed by atoms with van der Waals surface area (Å²) in [5, 5.41) is 12.6. The highest BCUT2D eigenvalue weighted by Crippen LogP contribution is 2.29. The van der Waals surface area contributed by atoms with Gasteiger partial charge in [0.25, 0.3) is 0 Å². The molecule has 0 aliphatic rings. The molecule has 19 heavy (non-hydrogen) atoms. The fraction of sp³-hybridized carbons (Fsp3) is 0.462. The highest BCUT2D eigenvalue weighted by molar-refractivity contribution is 6.42. The molecule has 0 radical (unpaired) electrons. The lowest BCUT2D eigenvalue weighted by atomic mass is 10.1. The van der Waals surface area contributed by atoms with Gasteiger partial charge in [-0.2, -0.15) is 0 Å². The highest BCUT2D eigenvalue weighted by atomic mass is 35.5. The van der Waals surface area contributed by atoms with Crippen LogP contribution in [0.4, 0.5) is 4.79 Å².